The Labute approximate surface area is 190 Å². The van der Waals surface area contributed by atoms with E-state index in [0.29, 0.717) is 18.0 Å². The van der Waals surface area contributed by atoms with Gasteiger partial charge in [-0.25, -0.2) is 14.4 Å². The molecule has 0 radical (unpaired) electrons. The molecular weight excluding hydrogens is 438 g/mol. The maximum atomic E-state index is 14.4. The minimum absolute atomic E-state index is 0.106. The maximum absolute atomic E-state index is 14.4. The quantitative estimate of drug-likeness (QED) is 0.293. The van der Waals surface area contributed by atoms with Crippen LogP contribution < -0.4 is 5.32 Å². The lowest BCUT2D eigenvalue weighted by Gasteiger charge is -2.30. The summed E-state index contributed by atoms with van der Waals surface area (Å²) in [7, 11) is 2.15. The summed E-state index contributed by atoms with van der Waals surface area (Å²) in [4.78, 5) is 20.1. The van der Waals surface area contributed by atoms with Crippen molar-refractivity contribution in [1.29, 1.82) is 0 Å². The van der Waals surface area contributed by atoms with Crippen LogP contribution in [0.15, 0.2) is 49.3 Å². The van der Waals surface area contributed by atoms with Gasteiger partial charge in [0.2, 0.25) is 0 Å². The molecule has 1 atom stereocenters. The van der Waals surface area contributed by atoms with Crippen molar-refractivity contribution >= 4 is 51.9 Å². The number of aldehydes is 1. The zero-order valence-corrected chi connectivity index (χ0v) is 18.6. The summed E-state index contributed by atoms with van der Waals surface area (Å²) in [5.74, 6) is 0.423. The number of carbonyl (C=O) groups excluding carboxylic acids is 1. The Balaban J connectivity index is 0.000000628. The molecule has 3 aromatic rings. The fourth-order valence-electron chi connectivity index (χ4n) is 3.62. The third kappa shape index (κ3) is 5.58. The molecule has 1 aliphatic heterocycles. The number of piperidine rings is 1. The van der Waals surface area contributed by atoms with Gasteiger partial charge in [-0.05, 0) is 68.3 Å². The predicted octanol–water partition coefficient (Wildman–Crippen LogP) is 6.00. The highest BCUT2D eigenvalue weighted by molar-refractivity contribution is 6.42. The molecule has 1 saturated heterocycles. The van der Waals surface area contributed by atoms with Crippen molar-refractivity contribution in [2.75, 3.05) is 25.5 Å². The van der Waals surface area contributed by atoms with Gasteiger partial charge in [-0.15, -0.1) is 0 Å². The number of rotatable bonds is 4. The van der Waals surface area contributed by atoms with E-state index in [4.69, 9.17) is 28.0 Å². The van der Waals surface area contributed by atoms with Crippen LogP contribution in [0.25, 0.3) is 10.9 Å². The summed E-state index contributed by atoms with van der Waals surface area (Å²) in [6.45, 7) is 5.28. The highest BCUT2D eigenvalue weighted by Gasteiger charge is 2.20. The number of aromatic nitrogens is 2. The summed E-state index contributed by atoms with van der Waals surface area (Å²) in [6, 6.07) is 9.34. The molecule has 2 aromatic carbocycles. The molecule has 1 N–H and O–H groups in total. The Morgan fingerprint density at radius 1 is 1.26 bits per heavy atom. The number of carbonyl (C=O) groups is 1. The van der Waals surface area contributed by atoms with Crippen LogP contribution in [0.1, 0.15) is 24.3 Å². The number of fused-ring (bicyclic) bond motifs is 1. The molecule has 0 bridgehead atoms. The number of hydrogen-bond acceptors (Lipinski definition) is 5. The molecular formula is C23H23Cl2FN4O. The Morgan fingerprint density at radius 2 is 2.03 bits per heavy atom. The SMILES string of the molecule is C=CC=O.CN1CCCC(c2ccc3ncnc(Nc4ccc(Cl)c(Cl)c4F)c3c2)C1. The van der Waals surface area contributed by atoms with Gasteiger partial charge in [-0.1, -0.05) is 35.8 Å². The number of likely N-dealkylation sites (N-methyl/N-ethyl adjacent to an activating group) is 1. The van der Waals surface area contributed by atoms with Crippen LogP contribution >= 0.6 is 23.2 Å². The van der Waals surface area contributed by atoms with Gasteiger partial charge in [0.15, 0.2) is 5.82 Å². The topological polar surface area (TPSA) is 58.1 Å². The van der Waals surface area contributed by atoms with Crippen molar-refractivity contribution in [2.45, 2.75) is 18.8 Å². The minimum Gasteiger partial charge on any atom is -0.337 e. The average Bonchev–Trinajstić information content (AvgIpc) is 2.79. The van der Waals surface area contributed by atoms with Gasteiger partial charge in [0.25, 0.3) is 0 Å². The number of allylic oxidation sites excluding steroid dienone is 1. The van der Waals surface area contributed by atoms with Gasteiger partial charge in [0, 0.05) is 11.9 Å². The van der Waals surface area contributed by atoms with E-state index in [-0.39, 0.29) is 15.7 Å². The monoisotopic (exact) mass is 460 g/mol. The number of benzene rings is 2. The second-order valence-corrected chi connectivity index (χ2v) is 8.11. The van der Waals surface area contributed by atoms with E-state index in [1.807, 2.05) is 6.07 Å². The summed E-state index contributed by atoms with van der Waals surface area (Å²) in [5.41, 5.74) is 2.29. The fraction of sp³-hybridized carbons (Fsp3) is 0.261. The van der Waals surface area contributed by atoms with Crippen LogP contribution in [-0.2, 0) is 4.79 Å². The first-order chi connectivity index (χ1) is 14.9. The van der Waals surface area contributed by atoms with Crippen molar-refractivity contribution in [2.24, 2.45) is 0 Å². The Morgan fingerprint density at radius 3 is 2.74 bits per heavy atom. The number of nitrogens with zero attached hydrogens (tertiary/aromatic N) is 3. The van der Waals surface area contributed by atoms with Crippen molar-refractivity contribution in [3.63, 3.8) is 0 Å². The molecule has 162 valence electrons. The zero-order valence-electron chi connectivity index (χ0n) is 17.1. The molecule has 1 aromatic heterocycles. The van der Waals surface area contributed by atoms with E-state index >= 15 is 0 Å². The highest BCUT2D eigenvalue weighted by atomic mass is 35.5. The second-order valence-electron chi connectivity index (χ2n) is 7.32. The molecule has 8 heteroatoms. The first kappa shape index (κ1) is 23.1. The molecule has 31 heavy (non-hydrogen) atoms. The maximum Gasteiger partial charge on any atom is 0.166 e. The van der Waals surface area contributed by atoms with Crippen LogP contribution in [0.2, 0.25) is 10.0 Å². The molecule has 5 nitrogen and oxygen atoms in total. The second kappa shape index (κ2) is 10.7. The standard InChI is InChI=1S/C20H19Cl2FN4.C3H4O/c1-27-8-2-3-13(10-27)12-4-6-16-14(9-12)20(25-11-24-16)26-17-7-5-15(21)18(22)19(17)23;1-2-3-4/h4-7,9,11,13H,2-3,8,10H2,1H3,(H,24,25,26);2-3H,1H2. The van der Waals surface area contributed by atoms with Crippen molar-refractivity contribution in [3.05, 3.63) is 70.7 Å². The van der Waals surface area contributed by atoms with Crippen LogP contribution in [0.3, 0.4) is 0 Å². The number of likely N-dealkylation sites (tertiary alicyclic amines) is 1. The van der Waals surface area contributed by atoms with Gasteiger partial charge in [-0.3, -0.25) is 4.79 Å². The van der Waals surface area contributed by atoms with Crippen LogP contribution in [0, 0.1) is 5.82 Å². The van der Waals surface area contributed by atoms with Gasteiger partial charge < -0.3 is 10.2 Å². The van der Waals surface area contributed by atoms with E-state index in [2.05, 4.69) is 45.9 Å². The summed E-state index contributed by atoms with van der Waals surface area (Å²) in [5, 5.41) is 3.97. The van der Waals surface area contributed by atoms with E-state index in [0.717, 1.165) is 30.4 Å². The largest absolute Gasteiger partial charge is 0.337 e. The smallest absolute Gasteiger partial charge is 0.166 e. The van der Waals surface area contributed by atoms with Crippen molar-refractivity contribution in [1.82, 2.24) is 14.9 Å². The zero-order chi connectivity index (χ0) is 22.4. The van der Waals surface area contributed by atoms with Gasteiger partial charge in [0.05, 0.1) is 21.2 Å². The summed E-state index contributed by atoms with van der Waals surface area (Å²) in [6.07, 6.45) is 5.64. The molecule has 0 saturated carbocycles. The highest BCUT2D eigenvalue weighted by Crippen LogP contribution is 2.34. The Bertz CT molecular complexity index is 1090. The minimum atomic E-state index is -0.596. The van der Waals surface area contributed by atoms with E-state index in [9.17, 15) is 4.39 Å². The Hall–Kier alpha value is -2.54. The third-order valence-corrected chi connectivity index (χ3v) is 5.92. The lowest BCUT2D eigenvalue weighted by molar-refractivity contribution is -0.104. The lowest BCUT2D eigenvalue weighted by atomic mass is 9.90. The molecule has 0 aliphatic carbocycles. The predicted molar refractivity (Wildman–Crippen MR) is 125 cm³/mol. The average molecular weight is 461 g/mol. The van der Waals surface area contributed by atoms with Gasteiger partial charge >= 0.3 is 0 Å². The molecule has 1 unspecified atom stereocenters. The van der Waals surface area contributed by atoms with E-state index in [1.54, 1.807) is 12.1 Å². The number of hydrogen-bond donors (Lipinski definition) is 1. The first-order valence-corrected chi connectivity index (χ1v) is 10.6. The van der Waals surface area contributed by atoms with Gasteiger partial charge in [0.1, 0.15) is 18.4 Å². The molecule has 4 rings (SSSR count). The molecule has 0 spiro atoms. The molecule has 0 amide bonds. The van der Waals surface area contributed by atoms with Crippen molar-refractivity contribution < 1.29 is 9.18 Å². The molecule has 1 fully saturated rings. The van der Waals surface area contributed by atoms with Crippen LogP contribution in [0.4, 0.5) is 15.9 Å². The summed E-state index contributed by atoms with van der Waals surface area (Å²) >= 11 is 11.8. The van der Waals surface area contributed by atoms with E-state index in [1.165, 1.54) is 24.4 Å². The lowest BCUT2D eigenvalue weighted by Crippen LogP contribution is -2.30. The fourth-order valence-corrected chi connectivity index (χ4v) is 3.93. The number of nitrogens with one attached hydrogen (secondary N) is 1. The van der Waals surface area contributed by atoms with Crippen molar-refractivity contribution in [3.8, 4) is 0 Å². The summed E-state index contributed by atoms with van der Waals surface area (Å²) < 4.78 is 14.4. The number of anilines is 2. The van der Waals surface area contributed by atoms with Crippen LogP contribution in [0.5, 0.6) is 0 Å². The molecule has 1 aliphatic rings. The molecule has 2 heterocycles. The first-order valence-electron chi connectivity index (χ1n) is 9.84. The normalized spacial score (nSPS) is 16.3. The Kier molecular flexibility index (Phi) is 7.96. The van der Waals surface area contributed by atoms with E-state index < -0.39 is 5.82 Å². The number of halogens is 3. The van der Waals surface area contributed by atoms with Crippen LogP contribution in [-0.4, -0.2) is 41.3 Å². The van der Waals surface area contributed by atoms with Gasteiger partial charge in [-0.2, -0.15) is 0 Å². The third-order valence-electron chi connectivity index (χ3n) is 5.14.